The second-order valence-electron chi connectivity index (χ2n) is 9.87. The molecular formula is C32H30N4O5S3. The zero-order valence-corrected chi connectivity index (χ0v) is 27.3. The number of ether oxygens (including phenoxy) is 2. The first-order valence-electron chi connectivity index (χ1n) is 14.0. The molecule has 9 nitrogen and oxygen atoms in total. The number of amides is 1. The molecule has 5 aromatic rings. The Kier molecular flexibility index (Phi) is 8.48. The Bertz CT molecular complexity index is 2050. The summed E-state index contributed by atoms with van der Waals surface area (Å²) in [6, 6.07) is 16.3. The van der Waals surface area contributed by atoms with Crippen LogP contribution in [0.25, 0.3) is 16.3 Å². The summed E-state index contributed by atoms with van der Waals surface area (Å²) >= 11 is 4.29. The van der Waals surface area contributed by atoms with Gasteiger partial charge < -0.3 is 18.8 Å². The number of carbonyl (C=O) groups is 1. The molecule has 1 atom stereocenters. The van der Waals surface area contributed by atoms with Gasteiger partial charge in [-0.05, 0) is 75.0 Å². The largest absolute Gasteiger partial charge is 0.497 e. The van der Waals surface area contributed by atoms with Gasteiger partial charge in [0.1, 0.15) is 23.3 Å². The molecule has 12 heteroatoms. The van der Waals surface area contributed by atoms with Crippen molar-refractivity contribution in [3.8, 4) is 11.5 Å². The maximum atomic E-state index is 14.1. The van der Waals surface area contributed by atoms with Crippen molar-refractivity contribution in [2.75, 3.05) is 27.3 Å². The van der Waals surface area contributed by atoms with Crippen LogP contribution in [0.15, 0.2) is 89.5 Å². The van der Waals surface area contributed by atoms with Crippen LogP contribution in [0.5, 0.6) is 11.5 Å². The van der Waals surface area contributed by atoms with Crippen LogP contribution in [0.2, 0.25) is 0 Å². The molecule has 6 rings (SSSR count). The van der Waals surface area contributed by atoms with Crippen LogP contribution in [0, 0.1) is 0 Å². The monoisotopic (exact) mass is 646 g/mol. The molecule has 1 amide bonds. The van der Waals surface area contributed by atoms with Crippen LogP contribution < -0.4 is 24.4 Å². The van der Waals surface area contributed by atoms with Crippen molar-refractivity contribution in [3.05, 3.63) is 96.9 Å². The van der Waals surface area contributed by atoms with Gasteiger partial charge in [0.05, 0.1) is 40.2 Å². The van der Waals surface area contributed by atoms with Crippen LogP contribution in [-0.4, -0.2) is 47.7 Å². The molecule has 0 spiro atoms. The van der Waals surface area contributed by atoms with Crippen molar-refractivity contribution < 1.29 is 18.7 Å². The van der Waals surface area contributed by atoms with E-state index in [1.165, 1.54) is 23.1 Å². The van der Waals surface area contributed by atoms with Gasteiger partial charge in [0.25, 0.3) is 11.5 Å². The van der Waals surface area contributed by atoms with Gasteiger partial charge in [0, 0.05) is 24.7 Å². The second-order valence-corrected chi connectivity index (χ2v) is 13.2. The molecule has 0 aliphatic carbocycles. The minimum Gasteiger partial charge on any atom is -0.497 e. The Morgan fingerprint density at radius 1 is 1.09 bits per heavy atom. The van der Waals surface area contributed by atoms with E-state index >= 15 is 0 Å². The average Bonchev–Trinajstić information content (AvgIpc) is 3.73. The van der Waals surface area contributed by atoms with Gasteiger partial charge in [-0.25, -0.2) is 9.98 Å². The molecule has 1 aliphatic heterocycles. The standard InChI is InChI=1S/C32H30N4O5S3/c1-6-35(7-2)30(38)27-18(3)33-31-36(28(27)21-16-19(39-4)12-14-23(21)40-5)29(37)25(42-31)17-20-13-15-26(41-20)44-32-34-22-10-8-9-11-24(22)43-32/h8-17,28H,6-7H2,1-5H3/b25-17+/t28-/m0/s1. The van der Waals surface area contributed by atoms with E-state index in [0.717, 1.165) is 14.6 Å². The topological polar surface area (TPSA) is 99.2 Å². The summed E-state index contributed by atoms with van der Waals surface area (Å²) in [5.41, 5.74) is 2.28. The molecule has 0 saturated carbocycles. The summed E-state index contributed by atoms with van der Waals surface area (Å²) in [6.45, 7) is 6.72. The number of methoxy groups -OCH3 is 2. The average molecular weight is 647 g/mol. The summed E-state index contributed by atoms with van der Waals surface area (Å²) in [5.74, 6) is 1.47. The molecule has 44 heavy (non-hydrogen) atoms. The molecule has 1 aliphatic rings. The number of hydrogen-bond acceptors (Lipinski definition) is 10. The lowest BCUT2D eigenvalue weighted by Gasteiger charge is -2.30. The molecule has 4 heterocycles. The van der Waals surface area contributed by atoms with Gasteiger partial charge in [0.2, 0.25) is 0 Å². The molecule has 0 fully saturated rings. The van der Waals surface area contributed by atoms with E-state index in [1.54, 1.807) is 53.2 Å². The normalized spacial score (nSPS) is 14.9. The number of nitrogens with zero attached hydrogens (tertiary/aromatic N) is 4. The Hall–Kier alpha value is -4.13. The van der Waals surface area contributed by atoms with Gasteiger partial charge in [-0.3, -0.25) is 14.2 Å². The van der Waals surface area contributed by atoms with Crippen molar-refractivity contribution in [2.24, 2.45) is 4.99 Å². The minimum absolute atomic E-state index is 0.178. The zero-order valence-electron chi connectivity index (χ0n) is 24.8. The van der Waals surface area contributed by atoms with Gasteiger partial charge in [-0.1, -0.05) is 23.5 Å². The van der Waals surface area contributed by atoms with E-state index in [1.807, 2.05) is 63.2 Å². The molecule has 0 radical (unpaired) electrons. The van der Waals surface area contributed by atoms with Crippen LogP contribution >= 0.6 is 34.4 Å². The number of rotatable bonds is 9. The fraction of sp³-hybridized carbons (Fsp3) is 0.250. The first-order chi connectivity index (χ1) is 21.3. The van der Waals surface area contributed by atoms with E-state index in [4.69, 9.17) is 18.9 Å². The number of carbonyl (C=O) groups excluding carboxylic acids is 1. The lowest BCUT2D eigenvalue weighted by molar-refractivity contribution is -0.127. The maximum absolute atomic E-state index is 14.1. The first kappa shape index (κ1) is 29.9. The van der Waals surface area contributed by atoms with Crippen molar-refractivity contribution in [1.82, 2.24) is 14.5 Å². The van der Waals surface area contributed by atoms with Crippen molar-refractivity contribution >= 4 is 56.6 Å². The molecule has 0 bridgehead atoms. The number of thiazole rings is 2. The highest BCUT2D eigenvalue weighted by Crippen LogP contribution is 2.38. The maximum Gasteiger partial charge on any atom is 0.271 e. The Morgan fingerprint density at radius 2 is 1.89 bits per heavy atom. The predicted octanol–water partition coefficient (Wildman–Crippen LogP) is 5.47. The molecule has 2 aromatic carbocycles. The van der Waals surface area contributed by atoms with E-state index in [0.29, 0.717) is 61.6 Å². The smallest absolute Gasteiger partial charge is 0.271 e. The lowest BCUT2D eigenvalue weighted by atomic mass is 9.93. The van der Waals surface area contributed by atoms with Crippen LogP contribution in [0.3, 0.4) is 0 Å². The molecular weight excluding hydrogens is 617 g/mol. The minimum atomic E-state index is -0.770. The van der Waals surface area contributed by atoms with Gasteiger partial charge in [0.15, 0.2) is 14.2 Å². The predicted molar refractivity (Wildman–Crippen MR) is 174 cm³/mol. The Morgan fingerprint density at radius 3 is 2.61 bits per heavy atom. The summed E-state index contributed by atoms with van der Waals surface area (Å²) in [7, 11) is 3.14. The number of aromatic nitrogens is 2. The lowest BCUT2D eigenvalue weighted by Crippen LogP contribution is -2.43. The fourth-order valence-corrected chi connectivity index (χ4v) is 8.20. The van der Waals surface area contributed by atoms with Crippen molar-refractivity contribution in [2.45, 2.75) is 36.2 Å². The van der Waals surface area contributed by atoms with Gasteiger partial charge in [-0.2, -0.15) is 0 Å². The summed E-state index contributed by atoms with van der Waals surface area (Å²) in [4.78, 5) is 39.7. The molecule has 226 valence electrons. The van der Waals surface area contributed by atoms with E-state index in [9.17, 15) is 9.59 Å². The van der Waals surface area contributed by atoms with E-state index in [-0.39, 0.29) is 11.5 Å². The summed E-state index contributed by atoms with van der Waals surface area (Å²) < 4.78 is 21.3. The number of allylic oxidation sites excluding steroid dienone is 1. The summed E-state index contributed by atoms with van der Waals surface area (Å²) in [6.07, 6.45) is 1.72. The van der Waals surface area contributed by atoms with Crippen molar-refractivity contribution in [1.29, 1.82) is 0 Å². The third kappa shape index (κ3) is 5.49. The van der Waals surface area contributed by atoms with E-state index < -0.39 is 6.04 Å². The second kappa shape index (κ2) is 12.5. The number of benzene rings is 2. The van der Waals surface area contributed by atoms with Crippen LogP contribution in [-0.2, 0) is 4.79 Å². The van der Waals surface area contributed by atoms with Gasteiger partial charge in [-0.15, -0.1) is 11.3 Å². The number of fused-ring (bicyclic) bond motifs is 2. The highest BCUT2D eigenvalue weighted by molar-refractivity contribution is 8.01. The number of likely N-dealkylation sites (N-methyl/N-ethyl adjacent to an activating group) is 1. The number of furan rings is 1. The third-order valence-corrected chi connectivity index (χ3v) is 10.4. The molecule has 0 N–H and O–H groups in total. The Labute approximate surface area is 265 Å². The quantitative estimate of drug-likeness (QED) is 0.209. The molecule has 0 unspecified atom stereocenters. The first-order valence-corrected chi connectivity index (χ1v) is 16.5. The van der Waals surface area contributed by atoms with E-state index in [2.05, 4.69) is 4.98 Å². The number of para-hydroxylation sites is 1. The Balaban J connectivity index is 1.45. The SMILES string of the molecule is CCN(CC)C(=O)C1=C(C)N=c2s/c(=C/c3ccc(Sc4nc5ccccc5s4)o3)c(=O)n2[C@H]1c1cc(OC)ccc1OC. The van der Waals surface area contributed by atoms with Crippen LogP contribution in [0.1, 0.15) is 38.1 Å². The number of hydrogen-bond donors (Lipinski definition) is 0. The third-order valence-electron chi connectivity index (χ3n) is 7.37. The van der Waals surface area contributed by atoms with Gasteiger partial charge >= 0.3 is 0 Å². The highest BCUT2D eigenvalue weighted by Gasteiger charge is 2.36. The molecule has 3 aromatic heterocycles. The highest BCUT2D eigenvalue weighted by atomic mass is 32.2. The molecule has 0 saturated heterocycles. The van der Waals surface area contributed by atoms with Crippen LogP contribution in [0.4, 0.5) is 0 Å². The summed E-state index contributed by atoms with van der Waals surface area (Å²) in [5, 5.41) is 0.671. The van der Waals surface area contributed by atoms with Crippen molar-refractivity contribution in [3.63, 3.8) is 0 Å². The fourth-order valence-electron chi connectivity index (χ4n) is 5.20. The zero-order chi connectivity index (χ0) is 31.0.